The largest absolute Gasteiger partial charge is 0.422 e. The van der Waals surface area contributed by atoms with Crippen LogP contribution in [0.4, 0.5) is 6.01 Å². The molecule has 136 valence electrons. The van der Waals surface area contributed by atoms with Crippen LogP contribution in [-0.4, -0.2) is 21.0 Å². The second kappa shape index (κ2) is 7.13. The molecule has 0 aliphatic carbocycles. The number of benzene rings is 2. The van der Waals surface area contributed by atoms with E-state index >= 15 is 0 Å². The van der Waals surface area contributed by atoms with Crippen molar-refractivity contribution in [2.75, 3.05) is 5.43 Å². The first-order valence-electron chi connectivity index (χ1n) is 8.70. The average Bonchev–Trinajstić information content (AvgIpc) is 3.47. The first kappa shape index (κ1) is 16.5. The van der Waals surface area contributed by atoms with Crippen molar-refractivity contribution >= 4 is 34.7 Å². The third kappa shape index (κ3) is 3.19. The summed E-state index contributed by atoms with van der Waals surface area (Å²) < 4.78 is 7.49. The van der Waals surface area contributed by atoms with Crippen LogP contribution >= 0.6 is 11.3 Å². The molecule has 0 bridgehead atoms. The highest BCUT2D eigenvalue weighted by atomic mass is 32.1. The van der Waals surface area contributed by atoms with Crippen molar-refractivity contribution in [2.45, 2.75) is 0 Å². The van der Waals surface area contributed by atoms with Gasteiger partial charge < -0.3 is 4.42 Å². The van der Waals surface area contributed by atoms with Gasteiger partial charge in [0.15, 0.2) is 5.58 Å². The lowest BCUT2D eigenvalue weighted by atomic mass is 10.2. The zero-order chi connectivity index (χ0) is 18.8. The number of oxazole rings is 1. The van der Waals surface area contributed by atoms with Crippen LogP contribution < -0.4 is 5.43 Å². The van der Waals surface area contributed by atoms with Gasteiger partial charge in [-0.3, -0.25) is 0 Å². The van der Waals surface area contributed by atoms with Gasteiger partial charge in [0.1, 0.15) is 11.2 Å². The number of thiophene rings is 1. The third-order valence-electron chi connectivity index (χ3n) is 4.18. The first-order chi connectivity index (χ1) is 13.9. The Morgan fingerprint density at radius 3 is 2.68 bits per heavy atom. The summed E-state index contributed by atoms with van der Waals surface area (Å²) >= 11 is 1.64. The van der Waals surface area contributed by atoms with E-state index in [2.05, 4.69) is 15.5 Å². The van der Waals surface area contributed by atoms with Gasteiger partial charge in [0.25, 0.3) is 0 Å². The molecule has 0 radical (unpaired) electrons. The summed E-state index contributed by atoms with van der Waals surface area (Å²) in [5.41, 5.74) is 7.14. The van der Waals surface area contributed by atoms with Crippen molar-refractivity contribution in [3.8, 4) is 16.3 Å². The Kier molecular flexibility index (Phi) is 4.19. The van der Waals surface area contributed by atoms with Crippen molar-refractivity contribution < 1.29 is 4.42 Å². The lowest BCUT2D eigenvalue weighted by molar-refractivity contribution is 0.617. The molecule has 0 atom stereocenters. The fraction of sp³-hybridized carbons (Fsp3) is 0. The maximum atomic E-state index is 5.63. The van der Waals surface area contributed by atoms with Gasteiger partial charge in [-0.25, -0.2) is 10.1 Å². The topological polar surface area (TPSA) is 68.2 Å². The van der Waals surface area contributed by atoms with E-state index in [4.69, 9.17) is 9.52 Å². The van der Waals surface area contributed by atoms with Crippen LogP contribution in [0.3, 0.4) is 0 Å². The zero-order valence-electron chi connectivity index (χ0n) is 14.7. The molecule has 0 fully saturated rings. The Morgan fingerprint density at radius 2 is 1.86 bits per heavy atom. The van der Waals surface area contributed by atoms with Gasteiger partial charge in [-0.15, -0.1) is 11.3 Å². The molecule has 5 rings (SSSR count). The Labute approximate surface area is 164 Å². The molecule has 0 amide bonds. The molecule has 7 heteroatoms. The van der Waals surface area contributed by atoms with Crippen LogP contribution in [-0.2, 0) is 0 Å². The molecule has 0 unspecified atom stereocenters. The molecule has 6 nitrogen and oxygen atoms in total. The molecule has 28 heavy (non-hydrogen) atoms. The molecule has 0 aliphatic rings. The molecule has 0 saturated heterocycles. The average molecular weight is 385 g/mol. The summed E-state index contributed by atoms with van der Waals surface area (Å²) in [6, 6.07) is 22.0. The van der Waals surface area contributed by atoms with Gasteiger partial charge >= 0.3 is 6.01 Å². The number of nitrogens with zero attached hydrogens (tertiary/aromatic N) is 4. The smallest absolute Gasteiger partial charge is 0.316 e. The molecule has 0 aliphatic heterocycles. The maximum absolute atomic E-state index is 5.63. The molecule has 5 aromatic rings. The van der Waals surface area contributed by atoms with E-state index in [9.17, 15) is 0 Å². The van der Waals surface area contributed by atoms with Crippen molar-refractivity contribution in [3.05, 3.63) is 83.9 Å². The molecular weight excluding hydrogens is 370 g/mol. The Bertz CT molecular complexity index is 1210. The lowest BCUT2D eigenvalue weighted by Gasteiger charge is -1.98. The number of nitrogens with one attached hydrogen (secondary N) is 1. The number of anilines is 1. The summed E-state index contributed by atoms with van der Waals surface area (Å²) in [5.74, 6) is 0. The highest BCUT2D eigenvalue weighted by molar-refractivity contribution is 7.13. The normalized spacial score (nSPS) is 11.4. The minimum atomic E-state index is 0.352. The summed E-state index contributed by atoms with van der Waals surface area (Å²) in [7, 11) is 0. The number of hydrazone groups is 1. The molecule has 2 aromatic carbocycles. The van der Waals surface area contributed by atoms with E-state index in [0.717, 1.165) is 32.9 Å². The molecule has 0 saturated carbocycles. The number of para-hydroxylation sites is 3. The maximum Gasteiger partial charge on any atom is 0.316 e. The Balaban J connectivity index is 1.46. The van der Waals surface area contributed by atoms with Crippen molar-refractivity contribution in [3.63, 3.8) is 0 Å². The predicted molar refractivity (Wildman–Crippen MR) is 112 cm³/mol. The second-order valence-electron chi connectivity index (χ2n) is 6.05. The van der Waals surface area contributed by atoms with E-state index in [-0.39, 0.29) is 0 Å². The van der Waals surface area contributed by atoms with E-state index in [0.29, 0.717) is 6.01 Å². The van der Waals surface area contributed by atoms with Gasteiger partial charge in [0, 0.05) is 11.8 Å². The number of hydrogen-bond donors (Lipinski definition) is 1. The summed E-state index contributed by atoms with van der Waals surface area (Å²) in [4.78, 5) is 5.44. The minimum absolute atomic E-state index is 0.352. The summed E-state index contributed by atoms with van der Waals surface area (Å²) in [6.45, 7) is 0. The van der Waals surface area contributed by atoms with Gasteiger partial charge in [0.05, 0.1) is 16.8 Å². The Morgan fingerprint density at radius 1 is 1.00 bits per heavy atom. The SMILES string of the molecule is C(=N/Nc1nc2ccccc2o1)/c1cn(-c2ccccc2)nc1-c1cccs1. The van der Waals surface area contributed by atoms with Crippen LogP contribution in [0.15, 0.2) is 87.8 Å². The van der Waals surface area contributed by atoms with Crippen LogP contribution in [0.2, 0.25) is 0 Å². The lowest BCUT2D eigenvalue weighted by Crippen LogP contribution is -1.93. The van der Waals surface area contributed by atoms with E-state index in [1.54, 1.807) is 17.6 Å². The van der Waals surface area contributed by atoms with Crippen molar-refractivity contribution in [2.24, 2.45) is 5.10 Å². The number of aromatic nitrogens is 3. The van der Waals surface area contributed by atoms with Gasteiger partial charge in [-0.05, 0) is 35.7 Å². The molecule has 1 N–H and O–H groups in total. The Hall–Kier alpha value is -3.71. The van der Waals surface area contributed by atoms with Gasteiger partial charge in [-0.1, -0.05) is 36.4 Å². The highest BCUT2D eigenvalue weighted by Crippen LogP contribution is 2.27. The summed E-state index contributed by atoms with van der Waals surface area (Å²) in [5, 5.41) is 11.1. The first-order valence-corrected chi connectivity index (χ1v) is 9.58. The standard InChI is InChI=1S/C21H15N5OS/c1-2-7-16(8-3-1)26-14-15(20(25-26)19-11-6-12-28-19)13-22-24-21-23-17-9-4-5-10-18(17)27-21/h1-14H,(H,23,24)/b22-13-. The summed E-state index contributed by atoms with van der Waals surface area (Å²) in [6.07, 6.45) is 3.69. The number of hydrogen-bond acceptors (Lipinski definition) is 6. The van der Waals surface area contributed by atoms with Gasteiger partial charge in [0.2, 0.25) is 0 Å². The fourth-order valence-corrected chi connectivity index (χ4v) is 3.61. The van der Waals surface area contributed by atoms with Crippen LogP contribution in [0, 0.1) is 0 Å². The van der Waals surface area contributed by atoms with E-state index < -0.39 is 0 Å². The second-order valence-corrected chi connectivity index (χ2v) is 6.99. The van der Waals surface area contributed by atoms with E-state index in [1.165, 1.54) is 0 Å². The predicted octanol–water partition coefficient (Wildman–Crippen LogP) is 5.19. The van der Waals surface area contributed by atoms with Crippen molar-refractivity contribution in [1.82, 2.24) is 14.8 Å². The van der Waals surface area contributed by atoms with Crippen molar-refractivity contribution in [1.29, 1.82) is 0 Å². The van der Waals surface area contributed by atoms with E-state index in [1.807, 2.05) is 83.0 Å². The third-order valence-corrected chi connectivity index (χ3v) is 5.05. The monoisotopic (exact) mass is 385 g/mol. The van der Waals surface area contributed by atoms with Crippen LogP contribution in [0.1, 0.15) is 5.56 Å². The number of rotatable bonds is 5. The molecule has 3 heterocycles. The van der Waals surface area contributed by atoms with Crippen LogP contribution in [0.5, 0.6) is 0 Å². The minimum Gasteiger partial charge on any atom is -0.422 e. The quantitative estimate of drug-likeness (QED) is 0.334. The molecular formula is C21H15N5OS. The zero-order valence-corrected chi connectivity index (χ0v) is 15.5. The molecule has 0 spiro atoms. The number of fused-ring (bicyclic) bond motifs is 1. The fourth-order valence-electron chi connectivity index (χ4n) is 2.88. The highest BCUT2D eigenvalue weighted by Gasteiger charge is 2.12. The van der Waals surface area contributed by atoms with Gasteiger partial charge in [-0.2, -0.15) is 15.2 Å². The van der Waals surface area contributed by atoms with Crippen LogP contribution in [0.25, 0.3) is 27.4 Å². The molecule has 3 aromatic heterocycles.